The number of carbonyl (C=O) groups excluding carboxylic acids is 1. The van der Waals surface area contributed by atoms with Gasteiger partial charge in [0, 0.05) is 5.56 Å². The average molecular weight is 367 g/mol. The summed E-state index contributed by atoms with van der Waals surface area (Å²) < 4.78 is 0. The number of carbonyl (C=O) groups is 1. The van der Waals surface area contributed by atoms with Crippen molar-refractivity contribution < 1.29 is 4.79 Å². The first-order valence-corrected chi connectivity index (χ1v) is 9.83. The second kappa shape index (κ2) is 11.5. The molecule has 0 aliphatic heterocycles. The van der Waals surface area contributed by atoms with Crippen LogP contribution in [-0.2, 0) is 0 Å². The molecule has 2 rings (SSSR count). The Morgan fingerprint density at radius 3 is 1.78 bits per heavy atom. The maximum absolute atomic E-state index is 11.5. The van der Waals surface area contributed by atoms with E-state index < -0.39 is 0 Å². The first-order chi connectivity index (χ1) is 12.5. The van der Waals surface area contributed by atoms with Crippen molar-refractivity contribution in [3.8, 4) is 0 Å². The molecule has 0 saturated carbocycles. The third-order valence-corrected chi connectivity index (χ3v) is 3.51. The standard InChI is InChI=1S/C19H20O.C5H12.C2H6/c1-13-9-18(12-19(10-13)16(4)20)8-7-17-6-5-14(2)15(3)11-17;1-5(2,3)4;1-2/h5-12H,1-4H3;1-4H3;1-2H3/b8-7+;;. The Kier molecular flexibility index (Phi) is 10.6. The van der Waals surface area contributed by atoms with E-state index in [1.54, 1.807) is 6.92 Å². The Hall–Kier alpha value is -2.15. The molecule has 0 atom stereocenters. The van der Waals surface area contributed by atoms with Gasteiger partial charge in [-0.25, -0.2) is 0 Å². The number of aryl methyl sites for hydroxylation is 3. The number of rotatable bonds is 3. The fraction of sp³-hybridized carbons (Fsp3) is 0.423. The summed E-state index contributed by atoms with van der Waals surface area (Å²) in [6.07, 6.45) is 4.15. The summed E-state index contributed by atoms with van der Waals surface area (Å²) in [4.78, 5) is 11.5. The molecule has 0 heterocycles. The van der Waals surface area contributed by atoms with Crippen LogP contribution in [0.15, 0.2) is 36.4 Å². The molecule has 0 fully saturated rings. The van der Waals surface area contributed by atoms with Crippen LogP contribution in [0, 0.1) is 26.2 Å². The lowest BCUT2D eigenvalue weighted by Crippen LogP contribution is -1.93. The van der Waals surface area contributed by atoms with Gasteiger partial charge in [-0.1, -0.05) is 78.0 Å². The van der Waals surface area contributed by atoms with Gasteiger partial charge in [0.2, 0.25) is 0 Å². The molecule has 0 radical (unpaired) electrons. The second-order valence-corrected chi connectivity index (χ2v) is 8.37. The summed E-state index contributed by atoms with van der Waals surface area (Å²) in [6, 6.07) is 12.4. The first kappa shape index (κ1) is 24.8. The van der Waals surface area contributed by atoms with Crippen LogP contribution in [0.5, 0.6) is 0 Å². The maximum atomic E-state index is 11.5. The van der Waals surface area contributed by atoms with E-state index in [1.807, 2.05) is 32.9 Å². The molecule has 0 N–H and O–H groups in total. The number of Topliss-reactive ketones (excluding diaryl/α,β-unsaturated/α-hetero) is 1. The lowest BCUT2D eigenvalue weighted by Gasteiger charge is -2.05. The highest BCUT2D eigenvalue weighted by atomic mass is 16.1. The van der Waals surface area contributed by atoms with Crippen molar-refractivity contribution in [1.29, 1.82) is 0 Å². The summed E-state index contributed by atoms with van der Waals surface area (Å²) in [7, 11) is 0. The average Bonchev–Trinajstić information content (AvgIpc) is 2.56. The van der Waals surface area contributed by atoms with Crippen LogP contribution in [0.2, 0.25) is 0 Å². The molecule has 0 aliphatic rings. The molecule has 148 valence electrons. The molecule has 0 spiro atoms. The van der Waals surface area contributed by atoms with E-state index in [4.69, 9.17) is 0 Å². The van der Waals surface area contributed by atoms with Crippen molar-refractivity contribution in [2.24, 2.45) is 5.41 Å². The predicted octanol–water partition coefficient (Wildman–Crippen LogP) is 8.06. The maximum Gasteiger partial charge on any atom is 0.159 e. The monoisotopic (exact) mass is 366 g/mol. The fourth-order valence-corrected chi connectivity index (χ4v) is 2.17. The lowest BCUT2D eigenvalue weighted by molar-refractivity contribution is 0.101. The van der Waals surface area contributed by atoms with Gasteiger partial charge in [-0.3, -0.25) is 4.79 Å². The van der Waals surface area contributed by atoms with Crippen molar-refractivity contribution >= 4 is 17.9 Å². The Labute approximate surface area is 167 Å². The molecule has 0 amide bonds. The summed E-state index contributed by atoms with van der Waals surface area (Å²) in [5.74, 6) is 0.106. The number of hydrogen-bond acceptors (Lipinski definition) is 1. The van der Waals surface area contributed by atoms with Crippen LogP contribution < -0.4 is 0 Å². The SMILES string of the molecule is CC.CC(=O)c1cc(C)cc(/C=C/c2ccc(C)c(C)c2)c1.CC(C)(C)C. The van der Waals surface area contributed by atoms with Crippen molar-refractivity contribution in [2.45, 2.75) is 69.2 Å². The van der Waals surface area contributed by atoms with E-state index in [-0.39, 0.29) is 5.78 Å². The van der Waals surface area contributed by atoms with Gasteiger partial charge in [-0.05, 0) is 73.1 Å². The summed E-state index contributed by atoms with van der Waals surface area (Å²) in [6.45, 7) is 20.6. The number of benzene rings is 2. The third-order valence-electron chi connectivity index (χ3n) is 3.51. The zero-order valence-corrected chi connectivity index (χ0v) is 19.0. The largest absolute Gasteiger partial charge is 0.295 e. The fourth-order valence-electron chi connectivity index (χ4n) is 2.17. The summed E-state index contributed by atoms with van der Waals surface area (Å²) in [5, 5.41) is 0. The van der Waals surface area contributed by atoms with E-state index in [0.717, 1.165) is 16.7 Å². The topological polar surface area (TPSA) is 17.1 Å². The molecule has 2 aromatic carbocycles. The van der Waals surface area contributed by atoms with Gasteiger partial charge in [0.1, 0.15) is 0 Å². The molecule has 0 aliphatic carbocycles. The summed E-state index contributed by atoms with van der Waals surface area (Å²) >= 11 is 0. The van der Waals surface area contributed by atoms with Crippen molar-refractivity contribution in [2.75, 3.05) is 0 Å². The van der Waals surface area contributed by atoms with Crippen LogP contribution in [-0.4, -0.2) is 5.78 Å². The van der Waals surface area contributed by atoms with Gasteiger partial charge in [0.15, 0.2) is 5.78 Å². The first-order valence-electron chi connectivity index (χ1n) is 9.83. The van der Waals surface area contributed by atoms with Crippen LogP contribution in [0.3, 0.4) is 0 Å². The Morgan fingerprint density at radius 2 is 1.30 bits per heavy atom. The molecule has 1 nitrogen and oxygen atoms in total. The van der Waals surface area contributed by atoms with E-state index >= 15 is 0 Å². The second-order valence-electron chi connectivity index (χ2n) is 8.37. The Bertz CT molecular complexity index is 752. The van der Waals surface area contributed by atoms with Crippen LogP contribution in [0.25, 0.3) is 12.2 Å². The smallest absolute Gasteiger partial charge is 0.159 e. The highest BCUT2D eigenvalue weighted by Gasteiger charge is 2.01. The van der Waals surface area contributed by atoms with E-state index in [0.29, 0.717) is 5.41 Å². The third kappa shape index (κ3) is 11.2. The zero-order chi connectivity index (χ0) is 21.2. The number of hydrogen-bond donors (Lipinski definition) is 0. The van der Waals surface area contributed by atoms with Crippen LogP contribution >= 0.6 is 0 Å². The van der Waals surface area contributed by atoms with Crippen LogP contribution in [0.1, 0.15) is 86.6 Å². The molecule has 27 heavy (non-hydrogen) atoms. The highest BCUT2D eigenvalue weighted by molar-refractivity contribution is 5.95. The van der Waals surface area contributed by atoms with Gasteiger partial charge in [-0.15, -0.1) is 0 Å². The van der Waals surface area contributed by atoms with Crippen molar-refractivity contribution in [3.63, 3.8) is 0 Å². The predicted molar refractivity (Wildman–Crippen MR) is 123 cm³/mol. The molecule has 0 aromatic heterocycles. The van der Waals surface area contributed by atoms with Gasteiger partial charge >= 0.3 is 0 Å². The van der Waals surface area contributed by atoms with E-state index in [9.17, 15) is 4.79 Å². The molecular formula is C26H38O. The molecule has 0 saturated heterocycles. The minimum atomic E-state index is 0.106. The molecule has 0 unspecified atom stereocenters. The Morgan fingerprint density at radius 1 is 0.778 bits per heavy atom. The zero-order valence-electron chi connectivity index (χ0n) is 19.0. The minimum Gasteiger partial charge on any atom is -0.295 e. The van der Waals surface area contributed by atoms with Crippen LogP contribution in [0.4, 0.5) is 0 Å². The molecule has 1 heteroatoms. The number of ketones is 1. The van der Waals surface area contributed by atoms with Gasteiger partial charge < -0.3 is 0 Å². The molecule has 0 bridgehead atoms. The van der Waals surface area contributed by atoms with Crippen molar-refractivity contribution in [1.82, 2.24) is 0 Å². The van der Waals surface area contributed by atoms with E-state index in [2.05, 4.69) is 78.0 Å². The van der Waals surface area contributed by atoms with E-state index in [1.165, 1.54) is 16.7 Å². The van der Waals surface area contributed by atoms with Gasteiger partial charge in [0.05, 0.1) is 0 Å². The molecule has 2 aromatic rings. The molecular weight excluding hydrogens is 328 g/mol. The minimum absolute atomic E-state index is 0.106. The van der Waals surface area contributed by atoms with Gasteiger partial charge in [0.25, 0.3) is 0 Å². The lowest BCUT2D eigenvalue weighted by atomic mass is 10.0. The van der Waals surface area contributed by atoms with Gasteiger partial charge in [-0.2, -0.15) is 0 Å². The van der Waals surface area contributed by atoms with Crippen molar-refractivity contribution in [3.05, 3.63) is 69.8 Å². The Balaban J connectivity index is 0.000000838. The quantitative estimate of drug-likeness (QED) is 0.396. The highest BCUT2D eigenvalue weighted by Crippen LogP contribution is 2.16. The normalized spacial score (nSPS) is 10.6. The summed E-state index contributed by atoms with van der Waals surface area (Å²) in [5.41, 5.74) is 7.21.